The van der Waals surface area contributed by atoms with E-state index in [2.05, 4.69) is 17.2 Å². The fourth-order valence-electron chi connectivity index (χ4n) is 3.16. The summed E-state index contributed by atoms with van der Waals surface area (Å²) in [5.74, 6) is -0.404. The van der Waals surface area contributed by atoms with E-state index in [1.54, 1.807) is 12.3 Å². The summed E-state index contributed by atoms with van der Waals surface area (Å²) >= 11 is 1.40. The van der Waals surface area contributed by atoms with Crippen LogP contribution in [0.25, 0.3) is 0 Å². The van der Waals surface area contributed by atoms with Crippen LogP contribution in [0.2, 0.25) is 0 Å². The van der Waals surface area contributed by atoms with Gasteiger partial charge >= 0.3 is 12.0 Å². The second-order valence-corrected chi connectivity index (χ2v) is 7.70. The molecule has 1 aromatic heterocycles. The molecule has 2 rings (SSSR count). The molecule has 1 N–H and O–H groups in total. The molecule has 6 nitrogen and oxygen atoms in total. The number of carbonyl (C=O) groups is 2. The van der Waals surface area contributed by atoms with Gasteiger partial charge in [-0.3, -0.25) is 0 Å². The topological polar surface area (TPSA) is 71.5 Å². The number of esters is 1. The minimum atomic E-state index is -0.404. The molecular weight excluding hydrogens is 350 g/mol. The molecule has 0 atom stereocenters. The van der Waals surface area contributed by atoms with Crippen LogP contribution in [-0.4, -0.2) is 41.1 Å². The molecule has 0 aromatic carbocycles. The monoisotopic (exact) mass is 381 g/mol. The lowest BCUT2D eigenvalue weighted by atomic mass is 9.96. The van der Waals surface area contributed by atoms with Gasteiger partial charge in [-0.05, 0) is 26.2 Å². The smallest absolute Gasteiger partial charge is 0.357 e. The summed E-state index contributed by atoms with van der Waals surface area (Å²) in [4.78, 5) is 30.7. The van der Waals surface area contributed by atoms with Gasteiger partial charge in [0.25, 0.3) is 0 Å². The summed E-state index contributed by atoms with van der Waals surface area (Å²) in [6.45, 7) is 5.40. The van der Waals surface area contributed by atoms with Crippen LogP contribution >= 0.6 is 11.3 Å². The van der Waals surface area contributed by atoms with Crippen LogP contribution in [0, 0.1) is 0 Å². The van der Waals surface area contributed by atoms with Gasteiger partial charge in [-0.15, -0.1) is 11.3 Å². The second kappa shape index (κ2) is 11.2. The summed E-state index contributed by atoms with van der Waals surface area (Å²) in [5, 5.41) is 5.66. The van der Waals surface area contributed by atoms with Crippen LogP contribution in [0.4, 0.5) is 4.79 Å². The van der Waals surface area contributed by atoms with Crippen molar-refractivity contribution < 1.29 is 14.3 Å². The van der Waals surface area contributed by atoms with E-state index in [0.29, 0.717) is 25.4 Å². The van der Waals surface area contributed by atoms with E-state index in [4.69, 9.17) is 4.74 Å². The van der Waals surface area contributed by atoms with Crippen LogP contribution in [0.15, 0.2) is 5.38 Å². The molecule has 1 aliphatic carbocycles. The molecule has 26 heavy (non-hydrogen) atoms. The number of amides is 2. The third-order valence-corrected chi connectivity index (χ3v) is 5.45. The molecule has 1 aliphatic rings. The van der Waals surface area contributed by atoms with Gasteiger partial charge in [-0.25, -0.2) is 14.6 Å². The first kappa shape index (κ1) is 20.7. The van der Waals surface area contributed by atoms with Gasteiger partial charge in [0, 0.05) is 18.0 Å². The molecule has 0 bridgehead atoms. The van der Waals surface area contributed by atoms with E-state index >= 15 is 0 Å². The molecule has 0 radical (unpaired) electrons. The number of thiazole rings is 1. The first-order valence-electron chi connectivity index (χ1n) is 9.81. The molecule has 0 aliphatic heterocycles. The number of urea groups is 1. The number of hydrogen-bond donors (Lipinski definition) is 1. The SMILES string of the molecule is CCCCCN(Cc1nc(C(=O)OCC)cs1)C(=O)NC1CCCCC1. The van der Waals surface area contributed by atoms with Gasteiger partial charge in [0.2, 0.25) is 0 Å². The van der Waals surface area contributed by atoms with E-state index in [0.717, 1.165) is 37.1 Å². The number of hydrogen-bond acceptors (Lipinski definition) is 5. The van der Waals surface area contributed by atoms with Crippen molar-refractivity contribution >= 4 is 23.3 Å². The Bertz CT molecular complexity index is 570. The van der Waals surface area contributed by atoms with Gasteiger partial charge in [0.15, 0.2) is 5.69 Å². The number of nitrogens with one attached hydrogen (secondary N) is 1. The van der Waals surface area contributed by atoms with E-state index in [1.165, 1.54) is 30.6 Å². The maximum absolute atomic E-state index is 12.8. The largest absolute Gasteiger partial charge is 0.461 e. The third-order valence-electron chi connectivity index (χ3n) is 4.61. The molecule has 0 spiro atoms. The van der Waals surface area contributed by atoms with Gasteiger partial charge < -0.3 is 15.0 Å². The van der Waals surface area contributed by atoms with Crippen LogP contribution in [0.3, 0.4) is 0 Å². The molecule has 0 unspecified atom stereocenters. The number of nitrogens with zero attached hydrogens (tertiary/aromatic N) is 2. The highest BCUT2D eigenvalue weighted by atomic mass is 32.1. The molecular formula is C19H31N3O3S. The molecule has 0 saturated heterocycles. The quantitative estimate of drug-likeness (QED) is 0.510. The van der Waals surface area contributed by atoms with Crippen molar-refractivity contribution in [2.45, 2.75) is 77.8 Å². The van der Waals surface area contributed by atoms with Crippen LogP contribution in [0.1, 0.15) is 80.7 Å². The predicted molar refractivity (Wildman–Crippen MR) is 103 cm³/mol. The molecule has 1 saturated carbocycles. The summed E-state index contributed by atoms with van der Waals surface area (Å²) in [6.07, 6.45) is 8.97. The molecule has 1 heterocycles. The maximum Gasteiger partial charge on any atom is 0.357 e. The summed E-state index contributed by atoms with van der Waals surface area (Å²) in [7, 11) is 0. The minimum Gasteiger partial charge on any atom is -0.461 e. The average molecular weight is 382 g/mol. The highest BCUT2D eigenvalue weighted by Gasteiger charge is 2.21. The Morgan fingerprint density at radius 2 is 2.04 bits per heavy atom. The lowest BCUT2D eigenvalue weighted by Gasteiger charge is -2.28. The standard InChI is InChI=1S/C19H31N3O3S/c1-3-5-9-12-22(19(24)20-15-10-7-6-8-11-15)13-17-21-16(14-26-17)18(23)25-4-2/h14-15H,3-13H2,1-2H3,(H,20,24). The van der Waals surface area contributed by atoms with Crippen LogP contribution in [-0.2, 0) is 11.3 Å². The fourth-order valence-corrected chi connectivity index (χ4v) is 3.94. The van der Waals surface area contributed by atoms with E-state index in [1.807, 2.05) is 4.90 Å². The van der Waals surface area contributed by atoms with Gasteiger partial charge in [0.1, 0.15) is 5.01 Å². The van der Waals surface area contributed by atoms with Crippen molar-refractivity contribution in [1.29, 1.82) is 0 Å². The van der Waals surface area contributed by atoms with Gasteiger partial charge in [0.05, 0.1) is 13.2 Å². The summed E-state index contributed by atoms with van der Waals surface area (Å²) < 4.78 is 4.99. The highest BCUT2D eigenvalue weighted by Crippen LogP contribution is 2.19. The lowest BCUT2D eigenvalue weighted by molar-refractivity contribution is 0.0520. The van der Waals surface area contributed by atoms with Crippen molar-refractivity contribution in [3.05, 3.63) is 16.1 Å². The normalized spacial score (nSPS) is 14.8. The highest BCUT2D eigenvalue weighted by molar-refractivity contribution is 7.09. The first-order chi connectivity index (χ1) is 12.6. The number of carbonyl (C=O) groups excluding carboxylic acids is 2. The zero-order valence-electron chi connectivity index (χ0n) is 16.0. The average Bonchev–Trinajstić information content (AvgIpc) is 3.11. The Kier molecular flexibility index (Phi) is 8.88. The van der Waals surface area contributed by atoms with Crippen molar-refractivity contribution in [3.63, 3.8) is 0 Å². The number of aromatic nitrogens is 1. The van der Waals surface area contributed by atoms with Gasteiger partial charge in [-0.1, -0.05) is 39.0 Å². The number of rotatable bonds is 9. The zero-order valence-corrected chi connectivity index (χ0v) is 16.8. The predicted octanol–water partition coefficient (Wildman–Crippen LogP) is 4.35. The van der Waals surface area contributed by atoms with Crippen LogP contribution in [0.5, 0.6) is 0 Å². The maximum atomic E-state index is 12.8. The van der Waals surface area contributed by atoms with E-state index in [9.17, 15) is 9.59 Å². The first-order valence-corrected chi connectivity index (χ1v) is 10.7. The summed E-state index contributed by atoms with van der Waals surface area (Å²) in [5.41, 5.74) is 0.327. The lowest BCUT2D eigenvalue weighted by Crippen LogP contribution is -2.45. The Morgan fingerprint density at radius 3 is 2.73 bits per heavy atom. The number of ether oxygens (including phenoxy) is 1. The molecule has 146 valence electrons. The molecule has 2 amide bonds. The van der Waals surface area contributed by atoms with Crippen molar-refractivity contribution in [2.24, 2.45) is 0 Å². The van der Waals surface area contributed by atoms with E-state index in [-0.39, 0.29) is 12.1 Å². The second-order valence-electron chi connectivity index (χ2n) is 6.76. The van der Waals surface area contributed by atoms with Crippen molar-refractivity contribution in [3.8, 4) is 0 Å². The third kappa shape index (κ3) is 6.59. The van der Waals surface area contributed by atoms with Crippen LogP contribution < -0.4 is 5.32 Å². The Labute approximate surface area is 160 Å². The van der Waals surface area contributed by atoms with Crippen molar-refractivity contribution in [2.75, 3.05) is 13.2 Å². The molecule has 1 aromatic rings. The fraction of sp³-hybridized carbons (Fsp3) is 0.737. The molecule has 1 fully saturated rings. The number of unbranched alkanes of at least 4 members (excludes halogenated alkanes) is 2. The Hall–Kier alpha value is -1.63. The molecule has 7 heteroatoms. The zero-order chi connectivity index (χ0) is 18.8. The van der Waals surface area contributed by atoms with Crippen molar-refractivity contribution in [1.82, 2.24) is 15.2 Å². The minimum absolute atomic E-state index is 0.0131. The Morgan fingerprint density at radius 1 is 1.27 bits per heavy atom. The van der Waals surface area contributed by atoms with E-state index < -0.39 is 5.97 Å². The Balaban J connectivity index is 1.96. The summed E-state index contributed by atoms with van der Waals surface area (Å²) in [6, 6.07) is 0.275. The van der Waals surface area contributed by atoms with Gasteiger partial charge in [-0.2, -0.15) is 0 Å².